The smallest absolute Gasteiger partial charge is 0.270 e. The van der Waals surface area contributed by atoms with E-state index in [1.54, 1.807) is 0 Å². The highest BCUT2D eigenvalue weighted by molar-refractivity contribution is 6.31. The Kier molecular flexibility index (Phi) is 12.7. The van der Waals surface area contributed by atoms with Gasteiger partial charge in [0.15, 0.2) is 0 Å². The molecule has 0 aliphatic carbocycles. The molecule has 0 saturated heterocycles. The van der Waals surface area contributed by atoms with Gasteiger partial charge in [0.1, 0.15) is 23.6 Å². The van der Waals surface area contributed by atoms with Gasteiger partial charge in [0.2, 0.25) is 0 Å². The number of rotatable bonds is 6. The number of amidine groups is 1. The van der Waals surface area contributed by atoms with Crippen molar-refractivity contribution in [3.05, 3.63) is 110 Å². The van der Waals surface area contributed by atoms with Crippen LogP contribution in [0.25, 0.3) is 5.70 Å². The third kappa shape index (κ3) is 8.59. The number of hydrogen-bond donors (Lipinski definition) is 3. The summed E-state index contributed by atoms with van der Waals surface area (Å²) in [5, 5.41) is 17.5. The fourth-order valence-electron chi connectivity index (χ4n) is 3.46. The Morgan fingerprint density at radius 1 is 1.12 bits per heavy atom. The molecule has 1 heterocycles. The Morgan fingerprint density at radius 3 is 2.35 bits per heavy atom. The third-order valence-electron chi connectivity index (χ3n) is 5.91. The number of unbranched alkanes of at least 4 members (excludes halogenated alkanes) is 1. The normalized spacial score (nSPS) is 13.3. The average molecular weight is 572 g/mol. The minimum absolute atomic E-state index is 0.130. The maximum Gasteiger partial charge on any atom is 0.270 e. The first-order valence-corrected chi connectivity index (χ1v) is 13.4. The molecule has 1 unspecified atom stereocenters. The van der Waals surface area contributed by atoms with Crippen molar-refractivity contribution in [2.24, 2.45) is 10.7 Å². The highest BCUT2D eigenvalue weighted by atomic mass is 35.5. The molecule has 0 saturated carbocycles. The summed E-state index contributed by atoms with van der Waals surface area (Å²) in [6.07, 6.45) is 3.08. The van der Waals surface area contributed by atoms with E-state index in [4.69, 9.17) is 17.3 Å². The molecule has 4 rings (SSSR count). The summed E-state index contributed by atoms with van der Waals surface area (Å²) in [6, 6.07) is 13.5. The van der Waals surface area contributed by atoms with E-state index in [-0.39, 0.29) is 27.5 Å². The summed E-state index contributed by atoms with van der Waals surface area (Å²) < 4.78 is 27.8. The monoisotopic (exact) mass is 571 g/mol. The number of hydrogen-bond acceptors (Lipinski definition) is 6. The molecule has 0 amide bonds. The summed E-state index contributed by atoms with van der Waals surface area (Å²) in [5.74, 6) is -0.979. The van der Waals surface area contributed by atoms with Crippen molar-refractivity contribution in [3.8, 4) is 0 Å². The van der Waals surface area contributed by atoms with Gasteiger partial charge in [-0.1, -0.05) is 63.9 Å². The summed E-state index contributed by atoms with van der Waals surface area (Å²) in [4.78, 5) is 15.2. The van der Waals surface area contributed by atoms with Gasteiger partial charge < -0.3 is 16.4 Å². The zero-order valence-corrected chi connectivity index (χ0v) is 24.0. The van der Waals surface area contributed by atoms with Crippen LogP contribution in [-0.2, 0) is 0 Å². The van der Waals surface area contributed by atoms with Crippen LogP contribution in [0.1, 0.15) is 68.5 Å². The molecule has 1 aliphatic heterocycles. The number of para-hydroxylation sites is 1. The summed E-state index contributed by atoms with van der Waals surface area (Å²) in [7, 11) is 0. The third-order valence-corrected chi connectivity index (χ3v) is 6.24. The van der Waals surface area contributed by atoms with Crippen molar-refractivity contribution < 1.29 is 13.7 Å². The molecule has 0 aromatic heterocycles. The van der Waals surface area contributed by atoms with Crippen LogP contribution in [0.3, 0.4) is 0 Å². The number of fused-ring (bicyclic) bond motifs is 1. The second-order valence-electron chi connectivity index (χ2n) is 8.99. The molecule has 3 aromatic carbocycles. The summed E-state index contributed by atoms with van der Waals surface area (Å²) >= 11 is 6.30. The highest BCUT2D eigenvalue weighted by Gasteiger charge is 2.25. The number of nitrogens with zero attached hydrogens (tertiary/aromatic N) is 2. The largest absolute Gasteiger partial charge is 0.359 e. The number of nitrogens with two attached hydrogens (primary N) is 1. The lowest BCUT2D eigenvalue weighted by atomic mass is 10.0. The van der Waals surface area contributed by atoms with E-state index in [9.17, 15) is 18.9 Å². The molecule has 4 N–H and O–H groups in total. The van der Waals surface area contributed by atoms with E-state index in [0.29, 0.717) is 11.4 Å². The molecule has 0 fully saturated rings. The van der Waals surface area contributed by atoms with Gasteiger partial charge in [0.25, 0.3) is 5.69 Å². The lowest BCUT2D eigenvalue weighted by Crippen LogP contribution is -2.30. The molecule has 0 bridgehead atoms. The number of aliphatic imine (C=N–C) groups is 1. The second kappa shape index (κ2) is 15.7. The van der Waals surface area contributed by atoms with E-state index in [2.05, 4.69) is 43.0 Å². The molecule has 0 radical (unpaired) electrons. The van der Waals surface area contributed by atoms with Crippen LogP contribution in [0.4, 0.5) is 20.2 Å². The fourth-order valence-corrected chi connectivity index (χ4v) is 3.74. The number of nitro groups is 1. The van der Waals surface area contributed by atoms with Crippen LogP contribution in [0, 0.1) is 28.7 Å². The van der Waals surface area contributed by atoms with Gasteiger partial charge in [-0.25, -0.2) is 13.8 Å². The predicted octanol–water partition coefficient (Wildman–Crippen LogP) is 8.13. The van der Waals surface area contributed by atoms with Gasteiger partial charge in [-0.2, -0.15) is 0 Å². The van der Waals surface area contributed by atoms with Gasteiger partial charge in [-0.3, -0.25) is 10.1 Å². The van der Waals surface area contributed by atoms with Gasteiger partial charge in [0, 0.05) is 46.3 Å². The Labute approximate surface area is 239 Å². The van der Waals surface area contributed by atoms with Crippen LogP contribution in [0.15, 0.2) is 66.2 Å². The van der Waals surface area contributed by atoms with E-state index >= 15 is 0 Å². The van der Waals surface area contributed by atoms with Crippen LogP contribution < -0.4 is 16.4 Å². The number of nitro benzene ring substituents is 1. The predicted molar refractivity (Wildman–Crippen MR) is 161 cm³/mol. The van der Waals surface area contributed by atoms with Crippen molar-refractivity contribution in [2.75, 3.05) is 11.9 Å². The van der Waals surface area contributed by atoms with Crippen molar-refractivity contribution in [2.45, 2.75) is 53.1 Å². The molecule has 40 heavy (non-hydrogen) atoms. The maximum absolute atomic E-state index is 14.0. The van der Waals surface area contributed by atoms with Crippen LogP contribution in [0.2, 0.25) is 5.02 Å². The number of benzene rings is 3. The lowest BCUT2D eigenvalue weighted by molar-refractivity contribution is -0.384. The Morgan fingerprint density at radius 2 is 1.77 bits per heavy atom. The second-order valence-corrected chi connectivity index (χ2v) is 9.39. The molecule has 0 spiro atoms. The van der Waals surface area contributed by atoms with E-state index in [1.807, 2.05) is 24.3 Å². The van der Waals surface area contributed by atoms with Crippen LogP contribution >= 0.6 is 11.6 Å². The molecule has 3 aromatic rings. The summed E-state index contributed by atoms with van der Waals surface area (Å²) in [6.45, 7) is 12.7. The molecule has 10 heteroatoms. The molecule has 1 aliphatic rings. The highest BCUT2D eigenvalue weighted by Crippen LogP contribution is 2.34. The minimum Gasteiger partial charge on any atom is -0.359 e. The van der Waals surface area contributed by atoms with Gasteiger partial charge in [0.05, 0.1) is 9.95 Å². The zero-order valence-electron chi connectivity index (χ0n) is 23.2. The van der Waals surface area contributed by atoms with Crippen molar-refractivity contribution >= 4 is 34.5 Å². The topological polar surface area (TPSA) is 106 Å². The first kappa shape index (κ1) is 32.4. The molecular weight excluding hydrogens is 536 g/mol. The van der Waals surface area contributed by atoms with Crippen molar-refractivity contribution in [1.29, 1.82) is 0 Å². The molecule has 214 valence electrons. The zero-order chi connectivity index (χ0) is 29.8. The maximum atomic E-state index is 14.0. The van der Waals surface area contributed by atoms with Crippen LogP contribution in [0.5, 0.6) is 0 Å². The van der Waals surface area contributed by atoms with Gasteiger partial charge >= 0.3 is 0 Å². The quantitative estimate of drug-likeness (QED) is 0.204. The first-order chi connectivity index (χ1) is 19.1. The Balaban J connectivity index is 0.000000621. The van der Waals surface area contributed by atoms with Crippen molar-refractivity contribution in [3.63, 3.8) is 0 Å². The molecule has 1 atom stereocenters. The number of anilines is 1. The van der Waals surface area contributed by atoms with Gasteiger partial charge in [-0.15, -0.1) is 0 Å². The number of halogens is 3. The minimum atomic E-state index is -0.714. The molecule has 7 nitrogen and oxygen atoms in total. The van der Waals surface area contributed by atoms with Gasteiger partial charge in [-0.05, 0) is 49.7 Å². The SMILES string of the molecule is C=C(NC1=NC(c2ccc([N+](=O)[O-])cc2Cl)Nc2ccccc21)c1cc(F)cc(F)c1C.CCCC.CCCN. The first-order valence-electron chi connectivity index (χ1n) is 13.1. The Bertz CT molecular complexity index is 1360. The lowest BCUT2D eigenvalue weighted by Gasteiger charge is -2.27. The van der Waals surface area contributed by atoms with Crippen LogP contribution in [-0.4, -0.2) is 17.3 Å². The van der Waals surface area contributed by atoms with Crippen molar-refractivity contribution in [1.82, 2.24) is 5.32 Å². The average Bonchev–Trinajstić information content (AvgIpc) is 2.94. The fraction of sp³-hybridized carbons (Fsp3) is 0.300. The summed E-state index contributed by atoms with van der Waals surface area (Å²) in [5.41, 5.74) is 7.69. The van der Waals surface area contributed by atoms with E-state index in [0.717, 1.165) is 30.3 Å². The number of non-ortho nitro benzene ring substituents is 1. The van der Waals surface area contributed by atoms with E-state index < -0.39 is 22.7 Å². The standard InChI is InChI=1S/C23H17ClF2N4O2.C4H10.C3H9N/c1-12-18(9-14(25)10-20(12)26)13(2)27-23-17-5-3-4-6-21(17)28-22(29-23)16-8-7-15(30(31)32)11-19(16)24;1-3-4-2;1-2-3-4/h3-11,22,28H,2H2,1H3,(H,27,29);3-4H2,1-2H3;2-4H2,1H3. The molecular formula is C30H36ClF2N5O2. The Hall–Kier alpha value is -3.82. The van der Waals surface area contributed by atoms with E-state index in [1.165, 1.54) is 44.0 Å². The number of nitrogens with one attached hydrogen (secondary N) is 2.